The van der Waals surface area contributed by atoms with Crippen molar-refractivity contribution in [1.82, 2.24) is 15.1 Å². The number of benzene rings is 3. The number of amides is 2. The number of hydrogen-bond acceptors (Lipinski definition) is 5. The van der Waals surface area contributed by atoms with Crippen LogP contribution in [-0.4, -0.2) is 66.0 Å². The highest BCUT2D eigenvalue weighted by molar-refractivity contribution is 6.31. The molecule has 1 saturated carbocycles. The molecule has 47 heavy (non-hydrogen) atoms. The summed E-state index contributed by atoms with van der Waals surface area (Å²) in [6.07, 6.45) is 3.72. The van der Waals surface area contributed by atoms with Crippen molar-refractivity contribution < 1.29 is 27.5 Å². The predicted molar refractivity (Wildman–Crippen MR) is 174 cm³/mol. The molecule has 1 saturated heterocycles. The number of piperazine rings is 1. The number of ether oxygens (including phenoxy) is 1. The van der Waals surface area contributed by atoms with Gasteiger partial charge in [-0.2, -0.15) is 4.39 Å². The minimum absolute atomic E-state index is 0.00873. The molecule has 2 aliphatic heterocycles. The Morgan fingerprint density at radius 1 is 1.00 bits per heavy atom. The first-order chi connectivity index (χ1) is 22.7. The SMILES string of the molecule is NCCC(=O)N1C[C@H]2CC(c3ccc(CCCOc4c(F)ccc(F)c4F)cc3)=C(C(=O)N(Cc3ccccc3Cl)C3CC3)[C@@H](C1)N2. The molecule has 2 atom stereocenters. The fourth-order valence-electron chi connectivity index (χ4n) is 6.53. The lowest BCUT2D eigenvalue weighted by Gasteiger charge is -2.45. The van der Waals surface area contributed by atoms with Crippen molar-refractivity contribution >= 4 is 29.0 Å². The molecule has 0 unspecified atom stereocenters. The molecule has 2 amide bonds. The number of hydrogen-bond donors (Lipinski definition) is 2. The first-order valence-corrected chi connectivity index (χ1v) is 16.5. The summed E-state index contributed by atoms with van der Waals surface area (Å²) < 4.78 is 46.5. The molecule has 3 aliphatic rings. The number of nitrogens with two attached hydrogens (primary N) is 1. The van der Waals surface area contributed by atoms with Crippen LogP contribution in [0.3, 0.4) is 0 Å². The third-order valence-electron chi connectivity index (χ3n) is 9.05. The number of carbonyl (C=O) groups is 2. The Hall–Kier alpha value is -3.86. The van der Waals surface area contributed by atoms with Crippen LogP contribution in [0.2, 0.25) is 5.02 Å². The van der Waals surface area contributed by atoms with Crippen LogP contribution >= 0.6 is 11.6 Å². The summed E-state index contributed by atoms with van der Waals surface area (Å²) in [7, 11) is 0. The maximum atomic E-state index is 14.6. The highest BCUT2D eigenvalue weighted by atomic mass is 35.5. The minimum atomic E-state index is -1.33. The van der Waals surface area contributed by atoms with Crippen molar-refractivity contribution in [3.63, 3.8) is 0 Å². The monoisotopic (exact) mass is 666 g/mol. The van der Waals surface area contributed by atoms with Crippen LogP contribution in [0.15, 0.2) is 66.2 Å². The number of rotatable bonds is 12. The summed E-state index contributed by atoms with van der Waals surface area (Å²) in [5, 5.41) is 4.24. The zero-order valence-electron chi connectivity index (χ0n) is 26.0. The Balaban J connectivity index is 1.24. The van der Waals surface area contributed by atoms with Crippen molar-refractivity contribution in [3.05, 3.63) is 105 Å². The van der Waals surface area contributed by atoms with E-state index >= 15 is 0 Å². The number of halogens is 4. The average molecular weight is 667 g/mol. The molecule has 2 fully saturated rings. The molecule has 1 aliphatic carbocycles. The van der Waals surface area contributed by atoms with E-state index in [-0.39, 0.29) is 49.5 Å². The van der Waals surface area contributed by atoms with Crippen LogP contribution < -0.4 is 15.8 Å². The summed E-state index contributed by atoms with van der Waals surface area (Å²) in [4.78, 5) is 31.2. The summed E-state index contributed by atoms with van der Waals surface area (Å²) >= 11 is 6.51. The van der Waals surface area contributed by atoms with Crippen molar-refractivity contribution in [2.45, 2.75) is 63.2 Å². The molecule has 3 aromatic carbocycles. The quantitative estimate of drug-likeness (QED) is 0.193. The lowest BCUT2D eigenvalue weighted by molar-refractivity contribution is -0.134. The van der Waals surface area contributed by atoms with Gasteiger partial charge in [0, 0.05) is 55.3 Å². The minimum Gasteiger partial charge on any atom is -0.488 e. The number of carbonyl (C=O) groups excluding carboxylic acids is 2. The Morgan fingerprint density at radius 3 is 2.47 bits per heavy atom. The van der Waals surface area contributed by atoms with Gasteiger partial charge >= 0.3 is 0 Å². The first kappa shape index (κ1) is 33.1. The summed E-state index contributed by atoms with van der Waals surface area (Å²) in [5.74, 6) is -4.21. The highest BCUT2D eigenvalue weighted by Crippen LogP contribution is 2.38. The largest absolute Gasteiger partial charge is 0.488 e. The van der Waals surface area contributed by atoms with Gasteiger partial charge < -0.3 is 25.6 Å². The van der Waals surface area contributed by atoms with E-state index in [9.17, 15) is 22.8 Å². The van der Waals surface area contributed by atoms with Crippen LogP contribution in [0.1, 0.15) is 48.8 Å². The van der Waals surface area contributed by atoms with E-state index in [2.05, 4.69) is 5.32 Å². The molecule has 3 aromatic rings. The second-order valence-electron chi connectivity index (χ2n) is 12.4. The summed E-state index contributed by atoms with van der Waals surface area (Å²) in [6.45, 7) is 1.61. The first-order valence-electron chi connectivity index (χ1n) is 16.1. The number of nitrogens with one attached hydrogen (secondary N) is 1. The topological polar surface area (TPSA) is 87.9 Å². The van der Waals surface area contributed by atoms with Crippen LogP contribution in [0.4, 0.5) is 13.2 Å². The molecule has 0 aromatic heterocycles. The zero-order valence-corrected chi connectivity index (χ0v) is 26.7. The molecule has 7 nitrogen and oxygen atoms in total. The van der Waals surface area contributed by atoms with Gasteiger partial charge in [-0.15, -0.1) is 0 Å². The second-order valence-corrected chi connectivity index (χ2v) is 12.8. The molecule has 3 N–H and O–H groups in total. The van der Waals surface area contributed by atoms with Crippen LogP contribution in [0.25, 0.3) is 5.57 Å². The van der Waals surface area contributed by atoms with Gasteiger partial charge in [-0.05, 0) is 72.6 Å². The molecule has 6 rings (SSSR count). The molecule has 2 heterocycles. The lowest BCUT2D eigenvalue weighted by Crippen LogP contribution is -2.62. The van der Waals surface area contributed by atoms with Crippen molar-refractivity contribution in [2.75, 3.05) is 26.2 Å². The smallest absolute Gasteiger partial charge is 0.252 e. The molecular weight excluding hydrogens is 629 g/mol. The fourth-order valence-corrected chi connectivity index (χ4v) is 6.73. The molecule has 2 bridgehead atoms. The normalized spacial score (nSPS) is 19.1. The van der Waals surface area contributed by atoms with Gasteiger partial charge in [-0.3, -0.25) is 9.59 Å². The van der Waals surface area contributed by atoms with E-state index in [0.717, 1.165) is 47.2 Å². The predicted octanol–water partition coefficient (Wildman–Crippen LogP) is 5.64. The van der Waals surface area contributed by atoms with Crippen LogP contribution in [0, 0.1) is 17.5 Å². The van der Waals surface area contributed by atoms with Gasteiger partial charge in [-0.1, -0.05) is 54.1 Å². The van der Waals surface area contributed by atoms with E-state index in [1.165, 1.54) is 0 Å². The van der Waals surface area contributed by atoms with Crippen molar-refractivity contribution in [3.8, 4) is 5.75 Å². The third-order valence-corrected chi connectivity index (χ3v) is 9.42. The summed E-state index contributed by atoms with van der Waals surface area (Å²) in [6, 6.07) is 16.9. The Labute approximate surface area is 277 Å². The van der Waals surface area contributed by atoms with E-state index in [0.29, 0.717) is 49.5 Å². The van der Waals surface area contributed by atoms with E-state index in [1.54, 1.807) is 0 Å². The van der Waals surface area contributed by atoms with E-state index in [1.807, 2.05) is 58.3 Å². The van der Waals surface area contributed by atoms with Gasteiger partial charge in [-0.25, -0.2) is 8.78 Å². The zero-order chi connectivity index (χ0) is 33.1. The molecule has 248 valence electrons. The van der Waals surface area contributed by atoms with Gasteiger partial charge in [0.05, 0.1) is 12.6 Å². The van der Waals surface area contributed by atoms with E-state index in [4.69, 9.17) is 22.1 Å². The van der Waals surface area contributed by atoms with Crippen LogP contribution in [-0.2, 0) is 22.6 Å². The maximum absolute atomic E-state index is 14.6. The second kappa shape index (κ2) is 14.5. The Morgan fingerprint density at radius 2 is 1.74 bits per heavy atom. The number of fused-ring (bicyclic) bond motifs is 2. The molecule has 11 heteroatoms. The lowest BCUT2D eigenvalue weighted by atomic mass is 9.82. The van der Waals surface area contributed by atoms with Gasteiger partial charge in [0.1, 0.15) is 0 Å². The van der Waals surface area contributed by atoms with Gasteiger partial charge in [0.2, 0.25) is 11.7 Å². The molecule has 0 spiro atoms. The van der Waals surface area contributed by atoms with Crippen molar-refractivity contribution in [1.29, 1.82) is 0 Å². The Bertz CT molecular complexity index is 1660. The Kier molecular flexibility index (Phi) is 10.2. The number of aryl methyl sites for hydroxylation is 1. The van der Waals surface area contributed by atoms with E-state index < -0.39 is 23.2 Å². The van der Waals surface area contributed by atoms with Crippen LogP contribution in [0.5, 0.6) is 5.75 Å². The third kappa shape index (κ3) is 7.50. The standard InChI is InChI=1S/C36H38ClF3N4O3/c37-28-6-2-1-5-24(28)19-44(26-11-12-26)36(46)33-27(18-25-20-43(21-31(33)42-25)32(45)15-16-41)23-9-7-22(8-10-23)4-3-17-47-35-30(39)14-13-29(38)34(35)40/h1-2,5-10,13-14,25-26,31,42H,3-4,11-12,15-21,41H2/t25-,31-/m1/s1. The molecular formula is C36H38ClF3N4O3. The summed E-state index contributed by atoms with van der Waals surface area (Å²) in [5.41, 5.74) is 10.1. The average Bonchev–Trinajstić information content (AvgIpc) is 3.91. The molecule has 0 radical (unpaired) electrons. The number of nitrogens with zero attached hydrogens (tertiary/aromatic N) is 2. The highest BCUT2D eigenvalue weighted by Gasteiger charge is 2.43. The fraction of sp³-hybridized carbons (Fsp3) is 0.389. The maximum Gasteiger partial charge on any atom is 0.252 e. The van der Waals surface area contributed by atoms with Crippen molar-refractivity contribution in [2.24, 2.45) is 5.73 Å². The van der Waals surface area contributed by atoms with Gasteiger partial charge in [0.25, 0.3) is 5.91 Å². The van der Waals surface area contributed by atoms with Gasteiger partial charge in [0.15, 0.2) is 17.4 Å².